The molecule has 2 rings (SSSR count). The molecule has 2 heterocycles. The lowest BCUT2D eigenvalue weighted by atomic mass is 9.92. The Morgan fingerprint density at radius 1 is 1.58 bits per heavy atom. The summed E-state index contributed by atoms with van der Waals surface area (Å²) in [6.45, 7) is 1.17. The van der Waals surface area contributed by atoms with Gasteiger partial charge in [-0.2, -0.15) is 0 Å². The number of aliphatic hydroxyl groups excluding tert-OH is 1. The highest BCUT2D eigenvalue weighted by atomic mass is 32.2. The van der Waals surface area contributed by atoms with Gasteiger partial charge in [0.1, 0.15) is 17.7 Å². The molecule has 0 spiro atoms. The lowest BCUT2D eigenvalue weighted by Crippen LogP contribution is -2.60. The van der Waals surface area contributed by atoms with Crippen LogP contribution < -0.4 is 5.73 Å². The molecular formula is C10H12N2O6S. The van der Waals surface area contributed by atoms with E-state index in [1.54, 1.807) is 0 Å². The number of nitrogens with zero attached hydrogens (tertiary/aromatic N) is 1. The first kappa shape index (κ1) is 13.7. The fourth-order valence-electron chi connectivity index (χ4n) is 2.09. The van der Waals surface area contributed by atoms with E-state index in [-0.39, 0.29) is 17.2 Å². The number of aliphatic carboxylic acids is 1. The summed E-state index contributed by atoms with van der Waals surface area (Å²) in [6, 6.07) is 0. The van der Waals surface area contributed by atoms with Crippen molar-refractivity contribution in [2.75, 3.05) is 6.61 Å². The van der Waals surface area contributed by atoms with E-state index >= 15 is 0 Å². The number of β-lactam (4-membered cyclic amide) rings is 1. The van der Waals surface area contributed by atoms with E-state index in [0.717, 1.165) is 16.7 Å². The van der Waals surface area contributed by atoms with Gasteiger partial charge in [-0.1, -0.05) is 11.8 Å². The number of thioether (sulfide) groups is 1. The quantitative estimate of drug-likeness (QED) is 0.582. The van der Waals surface area contributed by atoms with Crippen molar-refractivity contribution in [2.24, 2.45) is 11.7 Å². The minimum atomic E-state index is -1.28. The van der Waals surface area contributed by atoms with Crippen LogP contribution in [0.2, 0.25) is 0 Å². The second-order valence-electron chi connectivity index (χ2n) is 4.17. The van der Waals surface area contributed by atoms with E-state index in [4.69, 9.17) is 10.8 Å². The van der Waals surface area contributed by atoms with Crippen molar-refractivity contribution in [1.29, 1.82) is 0 Å². The molecule has 2 amide bonds. The first-order chi connectivity index (χ1) is 8.84. The molecule has 2 aliphatic rings. The molecule has 0 aromatic heterocycles. The zero-order chi connectivity index (χ0) is 14.3. The van der Waals surface area contributed by atoms with Crippen molar-refractivity contribution in [3.05, 3.63) is 10.6 Å². The molecule has 19 heavy (non-hydrogen) atoms. The average molecular weight is 288 g/mol. The summed E-state index contributed by atoms with van der Waals surface area (Å²) in [4.78, 5) is 34.9. The molecule has 0 radical (unpaired) electrons. The van der Waals surface area contributed by atoms with Crippen LogP contribution in [0.4, 0.5) is 4.79 Å². The summed E-state index contributed by atoms with van der Waals surface area (Å²) in [5, 5.41) is 18.1. The number of carbonyl (C=O) groups excluding carboxylic acids is 2. The largest absolute Gasteiger partial charge is 0.477 e. The van der Waals surface area contributed by atoms with Gasteiger partial charge < -0.3 is 20.7 Å². The first-order valence-corrected chi connectivity index (χ1v) is 6.29. The van der Waals surface area contributed by atoms with Gasteiger partial charge in [-0.3, -0.25) is 9.69 Å². The Balaban J connectivity index is 2.21. The fourth-order valence-corrected chi connectivity index (χ4v) is 3.61. The topological polar surface area (TPSA) is 130 Å². The van der Waals surface area contributed by atoms with Gasteiger partial charge in [0.2, 0.25) is 5.91 Å². The summed E-state index contributed by atoms with van der Waals surface area (Å²) >= 11 is 1.09. The Kier molecular flexibility index (Phi) is 3.42. The highest BCUT2D eigenvalue weighted by Gasteiger charge is 2.57. The van der Waals surface area contributed by atoms with E-state index < -0.39 is 35.4 Å². The van der Waals surface area contributed by atoms with Gasteiger partial charge in [-0.05, 0) is 6.92 Å². The molecule has 9 heteroatoms. The number of amides is 2. The molecule has 1 fully saturated rings. The summed E-state index contributed by atoms with van der Waals surface area (Å²) in [5.41, 5.74) is 4.61. The molecule has 0 saturated carbocycles. The van der Waals surface area contributed by atoms with E-state index in [1.165, 1.54) is 6.92 Å². The molecule has 0 bridgehead atoms. The normalized spacial score (nSPS) is 26.8. The molecule has 4 N–H and O–H groups in total. The number of fused-ring (bicyclic) bond motifs is 1. The number of carboxylic acid groups (broad SMARTS) is 1. The van der Waals surface area contributed by atoms with Crippen LogP contribution in [-0.4, -0.2) is 51.2 Å². The summed E-state index contributed by atoms with van der Waals surface area (Å²) in [5.74, 6) is -2.38. The highest BCUT2D eigenvalue weighted by molar-refractivity contribution is 8.04. The minimum absolute atomic E-state index is 0.210. The van der Waals surface area contributed by atoms with Gasteiger partial charge >= 0.3 is 12.1 Å². The van der Waals surface area contributed by atoms with Crippen molar-refractivity contribution in [3.8, 4) is 0 Å². The van der Waals surface area contributed by atoms with Crippen LogP contribution in [-0.2, 0) is 14.3 Å². The standard InChI is InChI=1S/C10H12N2O6S/c1-3(13)5-7(14)12-6(9(15)16)4(19-8(5)12)2-18-10(11)17/h3,5,8,13H,2H2,1H3,(H2,11,17)(H,15,16)/t3-,5?,8+/m0/s1. The van der Waals surface area contributed by atoms with Crippen LogP contribution in [0.1, 0.15) is 6.92 Å². The minimum Gasteiger partial charge on any atom is -0.477 e. The Morgan fingerprint density at radius 2 is 2.21 bits per heavy atom. The molecule has 8 nitrogen and oxygen atoms in total. The van der Waals surface area contributed by atoms with Gasteiger partial charge in [0.15, 0.2) is 0 Å². The maximum atomic E-state index is 11.8. The molecular weight excluding hydrogens is 276 g/mol. The number of rotatable bonds is 4. The molecule has 0 aromatic rings. The first-order valence-electron chi connectivity index (χ1n) is 5.41. The lowest BCUT2D eigenvalue weighted by Gasteiger charge is -2.43. The number of ether oxygens (including phenoxy) is 1. The van der Waals surface area contributed by atoms with Gasteiger partial charge in [-0.25, -0.2) is 9.59 Å². The summed E-state index contributed by atoms with van der Waals surface area (Å²) in [7, 11) is 0. The number of primary amides is 1. The third-order valence-electron chi connectivity index (χ3n) is 2.92. The van der Waals surface area contributed by atoms with Crippen LogP contribution in [0, 0.1) is 5.92 Å². The SMILES string of the molecule is C[C@H](O)C1C(=O)N2C(C(=O)O)=C(COC(N)=O)S[C@H]12. The monoisotopic (exact) mass is 288 g/mol. The Bertz CT molecular complexity index is 488. The summed E-state index contributed by atoms with van der Waals surface area (Å²) < 4.78 is 4.56. The Hall–Kier alpha value is -1.74. The Morgan fingerprint density at radius 3 is 2.68 bits per heavy atom. The zero-order valence-electron chi connectivity index (χ0n) is 9.90. The van der Waals surface area contributed by atoms with Crippen LogP contribution in [0.25, 0.3) is 0 Å². The third kappa shape index (κ3) is 2.15. The van der Waals surface area contributed by atoms with Crippen molar-refractivity contribution in [1.82, 2.24) is 4.90 Å². The van der Waals surface area contributed by atoms with Crippen LogP contribution in [0.3, 0.4) is 0 Å². The average Bonchev–Trinajstić information content (AvgIpc) is 2.60. The van der Waals surface area contributed by atoms with Gasteiger partial charge in [0.25, 0.3) is 0 Å². The number of hydrogen-bond acceptors (Lipinski definition) is 6. The smallest absolute Gasteiger partial charge is 0.404 e. The van der Waals surface area contributed by atoms with Gasteiger partial charge in [-0.15, -0.1) is 0 Å². The van der Waals surface area contributed by atoms with E-state index in [9.17, 15) is 19.5 Å². The molecule has 104 valence electrons. The predicted molar refractivity (Wildman–Crippen MR) is 63.6 cm³/mol. The van der Waals surface area contributed by atoms with Crippen LogP contribution in [0.15, 0.2) is 10.6 Å². The highest BCUT2D eigenvalue weighted by Crippen LogP contribution is 2.50. The van der Waals surface area contributed by atoms with Crippen LogP contribution >= 0.6 is 11.8 Å². The molecule has 0 aromatic carbocycles. The predicted octanol–water partition coefficient (Wildman–Crippen LogP) is -0.710. The van der Waals surface area contributed by atoms with Crippen molar-refractivity contribution in [3.63, 3.8) is 0 Å². The lowest BCUT2D eigenvalue weighted by molar-refractivity contribution is -0.156. The number of aliphatic hydroxyl groups is 1. The maximum Gasteiger partial charge on any atom is 0.404 e. The number of carboxylic acids is 1. The molecule has 1 saturated heterocycles. The number of nitrogens with two attached hydrogens (primary N) is 1. The molecule has 3 atom stereocenters. The molecule has 0 aliphatic carbocycles. The second-order valence-corrected chi connectivity index (χ2v) is 5.38. The van der Waals surface area contributed by atoms with Gasteiger partial charge in [0.05, 0.1) is 16.9 Å². The summed E-state index contributed by atoms with van der Waals surface area (Å²) in [6.07, 6.45) is -1.89. The van der Waals surface area contributed by atoms with Crippen molar-refractivity contribution >= 4 is 29.7 Å². The molecule has 2 aliphatic heterocycles. The van der Waals surface area contributed by atoms with E-state index in [0.29, 0.717) is 0 Å². The van der Waals surface area contributed by atoms with Crippen molar-refractivity contribution in [2.45, 2.75) is 18.4 Å². The van der Waals surface area contributed by atoms with E-state index in [2.05, 4.69) is 4.74 Å². The number of hydrogen-bond donors (Lipinski definition) is 3. The van der Waals surface area contributed by atoms with E-state index in [1.807, 2.05) is 0 Å². The van der Waals surface area contributed by atoms with Crippen molar-refractivity contribution < 1.29 is 29.3 Å². The zero-order valence-corrected chi connectivity index (χ0v) is 10.7. The fraction of sp³-hybridized carbons (Fsp3) is 0.500. The number of carbonyl (C=O) groups is 3. The van der Waals surface area contributed by atoms with Crippen LogP contribution in [0.5, 0.6) is 0 Å². The maximum absolute atomic E-state index is 11.8. The molecule has 1 unspecified atom stereocenters. The van der Waals surface area contributed by atoms with Gasteiger partial charge in [0, 0.05) is 0 Å². The second kappa shape index (κ2) is 4.74. The third-order valence-corrected chi connectivity index (χ3v) is 4.26. The Labute approximate surface area is 112 Å².